The van der Waals surface area contributed by atoms with E-state index in [0.717, 1.165) is 0 Å². The number of carbonyl (C=O) groups is 2. The smallest absolute Gasteiger partial charge is 0.408 e. The standard InChI is InChI=1S/C14H18ClNO5/c1-14(2,3)21-13(20)16-11(7-17)8-4-5-10(15)9(6-8)12(18)19/h4-6,11,17H,7H2,1-3H3,(H,16,20)(H,18,19)/t11-/m1/s1. The fraction of sp³-hybridized carbons (Fsp3) is 0.429. The van der Waals surface area contributed by atoms with Crippen LogP contribution in [0.3, 0.4) is 0 Å². The van der Waals surface area contributed by atoms with Crippen molar-refractivity contribution in [2.24, 2.45) is 0 Å². The fourth-order valence-electron chi connectivity index (χ4n) is 1.61. The molecule has 7 heteroatoms. The molecule has 0 aliphatic carbocycles. The molecule has 1 aromatic rings. The molecular formula is C14H18ClNO5. The van der Waals surface area contributed by atoms with E-state index < -0.39 is 30.3 Å². The lowest BCUT2D eigenvalue weighted by atomic mass is 10.0. The predicted molar refractivity (Wildman–Crippen MR) is 77.6 cm³/mol. The third kappa shape index (κ3) is 5.24. The average Bonchev–Trinajstić information content (AvgIpc) is 2.34. The fourth-order valence-corrected chi connectivity index (χ4v) is 1.81. The van der Waals surface area contributed by atoms with Crippen LogP contribution in [0.2, 0.25) is 5.02 Å². The van der Waals surface area contributed by atoms with E-state index in [9.17, 15) is 14.7 Å². The average molecular weight is 316 g/mol. The van der Waals surface area contributed by atoms with Gasteiger partial charge >= 0.3 is 12.1 Å². The number of carboxylic acids is 1. The zero-order valence-corrected chi connectivity index (χ0v) is 12.8. The number of carboxylic acid groups (broad SMARTS) is 1. The van der Waals surface area contributed by atoms with Crippen molar-refractivity contribution >= 4 is 23.7 Å². The molecule has 0 aliphatic heterocycles. The number of nitrogens with one attached hydrogen (secondary N) is 1. The molecule has 0 saturated heterocycles. The summed E-state index contributed by atoms with van der Waals surface area (Å²) in [6.07, 6.45) is -0.701. The van der Waals surface area contributed by atoms with Gasteiger partial charge in [0.1, 0.15) is 5.60 Å². The van der Waals surface area contributed by atoms with Gasteiger partial charge in [-0.3, -0.25) is 0 Å². The molecule has 0 spiro atoms. The van der Waals surface area contributed by atoms with Gasteiger partial charge in [0.05, 0.1) is 23.2 Å². The molecule has 0 aliphatic rings. The normalized spacial score (nSPS) is 12.6. The molecule has 0 aromatic heterocycles. The lowest BCUT2D eigenvalue weighted by Gasteiger charge is -2.23. The van der Waals surface area contributed by atoms with Crippen LogP contribution < -0.4 is 5.32 Å². The van der Waals surface area contributed by atoms with Gasteiger partial charge in [-0.15, -0.1) is 0 Å². The molecule has 1 atom stereocenters. The molecule has 21 heavy (non-hydrogen) atoms. The first kappa shape index (κ1) is 17.3. The lowest BCUT2D eigenvalue weighted by Crippen LogP contribution is -2.36. The van der Waals surface area contributed by atoms with Gasteiger partial charge in [0.25, 0.3) is 0 Å². The predicted octanol–water partition coefficient (Wildman–Crippen LogP) is 2.60. The van der Waals surface area contributed by atoms with Crippen LogP contribution in [0, 0.1) is 0 Å². The largest absolute Gasteiger partial charge is 0.478 e. The number of halogens is 1. The summed E-state index contributed by atoms with van der Waals surface area (Å²) >= 11 is 5.78. The molecule has 0 saturated carbocycles. The van der Waals surface area contributed by atoms with Crippen LogP contribution in [0.4, 0.5) is 4.79 Å². The van der Waals surface area contributed by atoms with Gasteiger partial charge in [-0.1, -0.05) is 17.7 Å². The van der Waals surface area contributed by atoms with Gasteiger partial charge in [0, 0.05) is 0 Å². The highest BCUT2D eigenvalue weighted by molar-refractivity contribution is 6.33. The van der Waals surface area contributed by atoms with Crippen molar-refractivity contribution < 1.29 is 24.5 Å². The van der Waals surface area contributed by atoms with Crippen LogP contribution in [-0.2, 0) is 4.74 Å². The Kier molecular flexibility index (Phi) is 5.57. The Morgan fingerprint density at radius 3 is 2.48 bits per heavy atom. The molecule has 0 bridgehead atoms. The maximum atomic E-state index is 11.7. The van der Waals surface area contributed by atoms with Gasteiger partial charge in [-0.2, -0.15) is 0 Å². The number of hydrogen-bond acceptors (Lipinski definition) is 4. The van der Waals surface area contributed by atoms with E-state index in [1.54, 1.807) is 20.8 Å². The van der Waals surface area contributed by atoms with Crippen LogP contribution in [0.5, 0.6) is 0 Å². The number of benzene rings is 1. The Morgan fingerprint density at radius 1 is 1.38 bits per heavy atom. The number of aromatic carboxylic acids is 1. The molecule has 0 radical (unpaired) electrons. The molecule has 116 valence electrons. The Labute approximate surface area is 127 Å². The maximum absolute atomic E-state index is 11.7. The quantitative estimate of drug-likeness (QED) is 0.793. The van der Waals surface area contributed by atoms with Crippen LogP contribution in [-0.4, -0.2) is 34.5 Å². The molecule has 0 fully saturated rings. The second-order valence-corrected chi connectivity index (χ2v) is 5.83. The van der Waals surface area contributed by atoms with E-state index >= 15 is 0 Å². The van der Waals surface area contributed by atoms with E-state index in [1.165, 1.54) is 18.2 Å². The number of aliphatic hydroxyl groups is 1. The Balaban J connectivity index is 2.93. The number of aliphatic hydroxyl groups excluding tert-OH is 1. The molecule has 3 N–H and O–H groups in total. The number of ether oxygens (including phenoxy) is 1. The van der Waals surface area contributed by atoms with Crippen molar-refractivity contribution in [1.82, 2.24) is 5.32 Å². The topological polar surface area (TPSA) is 95.9 Å². The first-order chi connectivity index (χ1) is 9.64. The van der Waals surface area contributed by atoms with Crippen molar-refractivity contribution in [1.29, 1.82) is 0 Å². The van der Waals surface area contributed by atoms with E-state index in [1.807, 2.05) is 0 Å². The highest BCUT2D eigenvalue weighted by Crippen LogP contribution is 2.22. The number of hydrogen-bond donors (Lipinski definition) is 3. The minimum atomic E-state index is -1.18. The summed E-state index contributed by atoms with van der Waals surface area (Å²) < 4.78 is 5.09. The van der Waals surface area contributed by atoms with Crippen molar-refractivity contribution in [3.05, 3.63) is 34.3 Å². The van der Waals surface area contributed by atoms with Crippen LogP contribution in [0.15, 0.2) is 18.2 Å². The first-order valence-electron chi connectivity index (χ1n) is 6.27. The second kappa shape index (κ2) is 6.78. The van der Waals surface area contributed by atoms with E-state index in [-0.39, 0.29) is 10.6 Å². The van der Waals surface area contributed by atoms with Crippen LogP contribution >= 0.6 is 11.6 Å². The third-order valence-corrected chi connectivity index (χ3v) is 2.83. The van der Waals surface area contributed by atoms with Crippen molar-refractivity contribution in [2.45, 2.75) is 32.4 Å². The minimum absolute atomic E-state index is 0.0835. The zero-order chi connectivity index (χ0) is 16.2. The Hall–Kier alpha value is -1.79. The number of alkyl carbamates (subject to hydrolysis) is 1. The minimum Gasteiger partial charge on any atom is -0.478 e. The molecule has 0 unspecified atom stereocenters. The molecular weight excluding hydrogens is 298 g/mol. The summed E-state index contributed by atoms with van der Waals surface area (Å²) in [7, 11) is 0. The van der Waals surface area contributed by atoms with Gasteiger partial charge in [0.15, 0.2) is 0 Å². The molecule has 1 rings (SSSR count). The summed E-state index contributed by atoms with van der Waals surface area (Å²) in [5.74, 6) is -1.18. The summed E-state index contributed by atoms with van der Waals surface area (Å²) in [5.41, 5.74) is -0.347. The van der Waals surface area contributed by atoms with Crippen molar-refractivity contribution in [3.63, 3.8) is 0 Å². The maximum Gasteiger partial charge on any atom is 0.408 e. The van der Waals surface area contributed by atoms with Crippen molar-refractivity contribution in [2.75, 3.05) is 6.61 Å². The summed E-state index contributed by atoms with van der Waals surface area (Å²) in [6, 6.07) is 3.46. The van der Waals surface area contributed by atoms with Crippen LogP contribution in [0.25, 0.3) is 0 Å². The van der Waals surface area contributed by atoms with Gasteiger partial charge in [0.2, 0.25) is 0 Å². The summed E-state index contributed by atoms with van der Waals surface area (Å²) in [4.78, 5) is 22.7. The highest BCUT2D eigenvalue weighted by Gasteiger charge is 2.21. The number of rotatable bonds is 4. The van der Waals surface area contributed by atoms with Crippen molar-refractivity contribution in [3.8, 4) is 0 Å². The first-order valence-corrected chi connectivity index (χ1v) is 6.65. The number of amides is 1. The van der Waals surface area contributed by atoms with Gasteiger partial charge < -0.3 is 20.3 Å². The monoisotopic (exact) mass is 315 g/mol. The van der Waals surface area contributed by atoms with E-state index in [4.69, 9.17) is 21.4 Å². The molecule has 0 heterocycles. The van der Waals surface area contributed by atoms with Gasteiger partial charge in [-0.05, 0) is 38.5 Å². The summed E-state index contributed by atoms with van der Waals surface area (Å²) in [6.45, 7) is 4.74. The third-order valence-electron chi connectivity index (χ3n) is 2.50. The second-order valence-electron chi connectivity index (χ2n) is 5.43. The summed E-state index contributed by atoms with van der Waals surface area (Å²) in [5, 5.41) is 21.0. The Bertz CT molecular complexity index is 539. The highest BCUT2D eigenvalue weighted by atomic mass is 35.5. The molecule has 6 nitrogen and oxygen atoms in total. The molecule has 1 aromatic carbocycles. The number of carbonyl (C=O) groups excluding carboxylic acids is 1. The lowest BCUT2D eigenvalue weighted by molar-refractivity contribution is 0.0481. The zero-order valence-electron chi connectivity index (χ0n) is 12.0. The van der Waals surface area contributed by atoms with Crippen LogP contribution in [0.1, 0.15) is 42.7 Å². The molecule has 1 amide bonds. The van der Waals surface area contributed by atoms with E-state index in [2.05, 4.69) is 5.32 Å². The Morgan fingerprint density at radius 2 is 2.00 bits per heavy atom. The van der Waals surface area contributed by atoms with Gasteiger partial charge in [-0.25, -0.2) is 9.59 Å². The SMILES string of the molecule is CC(C)(C)OC(=O)N[C@H](CO)c1ccc(Cl)c(C(=O)O)c1. The van der Waals surface area contributed by atoms with E-state index in [0.29, 0.717) is 5.56 Å².